The Morgan fingerprint density at radius 3 is 2.57 bits per heavy atom. The minimum Gasteiger partial charge on any atom is -0.353 e. The Bertz CT molecular complexity index is 210. The van der Waals surface area contributed by atoms with Crippen molar-refractivity contribution in [2.24, 2.45) is 11.3 Å². The molecule has 1 saturated carbocycles. The van der Waals surface area contributed by atoms with E-state index in [2.05, 4.69) is 26.1 Å². The standard InChI is InChI=1S/C12H23NO/c1-5-11(14)13-10-6-9(2)7-12(3,4)8-10/h9-10H,5-8H2,1-4H3,(H,13,14). The maximum atomic E-state index is 11.3. The van der Waals surface area contributed by atoms with Crippen LogP contribution in [0, 0.1) is 11.3 Å². The van der Waals surface area contributed by atoms with E-state index in [-0.39, 0.29) is 5.91 Å². The second-order valence-corrected chi connectivity index (χ2v) is 5.53. The van der Waals surface area contributed by atoms with E-state index in [0.29, 0.717) is 17.9 Å². The van der Waals surface area contributed by atoms with Gasteiger partial charge in [0, 0.05) is 12.5 Å². The third kappa shape index (κ3) is 3.32. The summed E-state index contributed by atoms with van der Waals surface area (Å²) in [5, 5.41) is 3.12. The molecular formula is C12H23NO. The van der Waals surface area contributed by atoms with Crippen LogP contribution in [0.1, 0.15) is 53.4 Å². The molecule has 1 N–H and O–H groups in total. The Labute approximate surface area is 87.5 Å². The number of rotatable bonds is 2. The first-order valence-corrected chi connectivity index (χ1v) is 5.72. The van der Waals surface area contributed by atoms with Gasteiger partial charge in [-0.3, -0.25) is 4.79 Å². The van der Waals surface area contributed by atoms with Crippen LogP contribution in [0.2, 0.25) is 0 Å². The van der Waals surface area contributed by atoms with Gasteiger partial charge in [0.05, 0.1) is 0 Å². The van der Waals surface area contributed by atoms with Gasteiger partial charge in [0.1, 0.15) is 0 Å². The molecule has 2 atom stereocenters. The zero-order chi connectivity index (χ0) is 10.8. The highest BCUT2D eigenvalue weighted by Crippen LogP contribution is 2.38. The second kappa shape index (κ2) is 4.33. The molecule has 2 nitrogen and oxygen atoms in total. The van der Waals surface area contributed by atoms with E-state index in [1.165, 1.54) is 6.42 Å². The third-order valence-electron chi connectivity index (χ3n) is 3.07. The highest BCUT2D eigenvalue weighted by atomic mass is 16.1. The van der Waals surface area contributed by atoms with Crippen molar-refractivity contribution in [3.63, 3.8) is 0 Å². The van der Waals surface area contributed by atoms with Crippen LogP contribution in [-0.4, -0.2) is 11.9 Å². The van der Waals surface area contributed by atoms with Gasteiger partial charge in [-0.15, -0.1) is 0 Å². The highest BCUT2D eigenvalue weighted by molar-refractivity contribution is 5.75. The average molecular weight is 197 g/mol. The van der Waals surface area contributed by atoms with E-state index in [4.69, 9.17) is 0 Å². The van der Waals surface area contributed by atoms with Gasteiger partial charge in [-0.05, 0) is 30.6 Å². The average Bonchev–Trinajstić information content (AvgIpc) is 1.99. The van der Waals surface area contributed by atoms with Crippen molar-refractivity contribution in [3.8, 4) is 0 Å². The maximum absolute atomic E-state index is 11.3. The van der Waals surface area contributed by atoms with E-state index >= 15 is 0 Å². The van der Waals surface area contributed by atoms with E-state index in [9.17, 15) is 4.79 Å². The summed E-state index contributed by atoms with van der Waals surface area (Å²) >= 11 is 0. The number of hydrogen-bond donors (Lipinski definition) is 1. The topological polar surface area (TPSA) is 29.1 Å². The Hall–Kier alpha value is -0.530. The summed E-state index contributed by atoms with van der Waals surface area (Å²) in [5.74, 6) is 0.931. The van der Waals surface area contributed by atoms with E-state index in [1.807, 2.05) is 6.92 Å². The molecule has 1 amide bonds. The van der Waals surface area contributed by atoms with Crippen molar-refractivity contribution in [2.75, 3.05) is 0 Å². The molecule has 14 heavy (non-hydrogen) atoms. The zero-order valence-corrected chi connectivity index (χ0v) is 9.89. The summed E-state index contributed by atoms with van der Waals surface area (Å²) in [6, 6.07) is 0.404. The van der Waals surface area contributed by atoms with Crippen LogP contribution in [0.15, 0.2) is 0 Å². The fraction of sp³-hybridized carbons (Fsp3) is 0.917. The van der Waals surface area contributed by atoms with E-state index in [0.717, 1.165) is 18.8 Å². The van der Waals surface area contributed by atoms with Gasteiger partial charge < -0.3 is 5.32 Å². The van der Waals surface area contributed by atoms with Crippen LogP contribution >= 0.6 is 0 Å². The van der Waals surface area contributed by atoms with Gasteiger partial charge in [0.25, 0.3) is 0 Å². The molecule has 0 saturated heterocycles. The van der Waals surface area contributed by atoms with E-state index in [1.54, 1.807) is 0 Å². The molecule has 1 rings (SSSR count). The molecule has 2 unspecified atom stereocenters. The number of hydrogen-bond acceptors (Lipinski definition) is 1. The minimum atomic E-state index is 0.194. The van der Waals surface area contributed by atoms with Crippen molar-refractivity contribution < 1.29 is 4.79 Å². The maximum Gasteiger partial charge on any atom is 0.219 e. The first-order chi connectivity index (χ1) is 6.43. The van der Waals surface area contributed by atoms with Gasteiger partial charge in [0.15, 0.2) is 0 Å². The normalized spacial score (nSPS) is 31.1. The molecule has 0 heterocycles. The van der Waals surface area contributed by atoms with Gasteiger partial charge in [0.2, 0.25) is 5.91 Å². The monoisotopic (exact) mass is 197 g/mol. The fourth-order valence-corrected chi connectivity index (χ4v) is 2.79. The molecule has 2 heteroatoms. The predicted molar refractivity (Wildman–Crippen MR) is 59.0 cm³/mol. The van der Waals surface area contributed by atoms with Crippen LogP contribution in [0.4, 0.5) is 0 Å². The lowest BCUT2D eigenvalue weighted by Crippen LogP contribution is -2.42. The molecular weight excluding hydrogens is 174 g/mol. The molecule has 0 spiro atoms. The Kier molecular flexibility index (Phi) is 3.57. The SMILES string of the molecule is CCC(=O)NC1CC(C)CC(C)(C)C1. The Balaban J connectivity index is 2.50. The summed E-state index contributed by atoms with van der Waals surface area (Å²) in [6.45, 7) is 8.79. The lowest BCUT2D eigenvalue weighted by atomic mass is 9.70. The van der Waals surface area contributed by atoms with Gasteiger partial charge in [-0.25, -0.2) is 0 Å². The molecule has 0 radical (unpaired) electrons. The first kappa shape index (κ1) is 11.5. The molecule has 0 aromatic rings. The van der Waals surface area contributed by atoms with Crippen molar-refractivity contribution in [1.82, 2.24) is 5.32 Å². The molecule has 0 bridgehead atoms. The zero-order valence-electron chi connectivity index (χ0n) is 9.89. The Morgan fingerprint density at radius 2 is 2.07 bits per heavy atom. The molecule has 0 aromatic carbocycles. The first-order valence-electron chi connectivity index (χ1n) is 5.72. The summed E-state index contributed by atoms with van der Waals surface area (Å²) < 4.78 is 0. The fourth-order valence-electron chi connectivity index (χ4n) is 2.79. The third-order valence-corrected chi connectivity index (χ3v) is 3.07. The summed E-state index contributed by atoms with van der Waals surface area (Å²) in [6.07, 6.45) is 4.16. The number of nitrogens with one attached hydrogen (secondary N) is 1. The van der Waals surface area contributed by atoms with Crippen LogP contribution < -0.4 is 5.32 Å². The molecule has 1 aliphatic carbocycles. The summed E-state index contributed by atoms with van der Waals surface area (Å²) in [5.41, 5.74) is 0.392. The summed E-state index contributed by atoms with van der Waals surface area (Å²) in [7, 11) is 0. The van der Waals surface area contributed by atoms with Crippen molar-refractivity contribution >= 4 is 5.91 Å². The molecule has 1 aliphatic rings. The quantitative estimate of drug-likeness (QED) is 0.724. The second-order valence-electron chi connectivity index (χ2n) is 5.53. The number of carbonyl (C=O) groups is 1. The van der Waals surface area contributed by atoms with Crippen molar-refractivity contribution in [1.29, 1.82) is 0 Å². The lowest BCUT2D eigenvalue weighted by molar-refractivity contribution is -0.122. The number of carbonyl (C=O) groups excluding carboxylic acids is 1. The van der Waals surface area contributed by atoms with Gasteiger partial charge in [-0.2, -0.15) is 0 Å². The van der Waals surface area contributed by atoms with Gasteiger partial charge in [-0.1, -0.05) is 27.7 Å². The molecule has 0 aliphatic heterocycles. The van der Waals surface area contributed by atoms with Gasteiger partial charge >= 0.3 is 0 Å². The molecule has 82 valence electrons. The molecule has 1 fully saturated rings. The molecule has 0 aromatic heterocycles. The Morgan fingerprint density at radius 1 is 1.43 bits per heavy atom. The number of amides is 1. The summed E-state index contributed by atoms with van der Waals surface area (Å²) in [4.78, 5) is 11.3. The largest absolute Gasteiger partial charge is 0.353 e. The van der Waals surface area contributed by atoms with E-state index < -0.39 is 0 Å². The van der Waals surface area contributed by atoms with Crippen molar-refractivity contribution in [3.05, 3.63) is 0 Å². The van der Waals surface area contributed by atoms with Crippen LogP contribution in [0.3, 0.4) is 0 Å². The lowest BCUT2D eigenvalue weighted by Gasteiger charge is -2.39. The smallest absolute Gasteiger partial charge is 0.219 e. The van der Waals surface area contributed by atoms with Crippen LogP contribution in [0.5, 0.6) is 0 Å². The predicted octanol–water partition coefficient (Wildman–Crippen LogP) is 2.73. The highest BCUT2D eigenvalue weighted by Gasteiger charge is 2.32. The van der Waals surface area contributed by atoms with Crippen LogP contribution in [0.25, 0.3) is 0 Å². The van der Waals surface area contributed by atoms with Crippen LogP contribution in [-0.2, 0) is 4.79 Å². The minimum absolute atomic E-state index is 0.194. The van der Waals surface area contributed by atoms with Crippen molar-refractivity contribution in [2.45, 2.75) is 59.4 Å².